The lowest BCUT2D eigenvalue weighted by molar-refractivity contribution is 0.617. The van der Waals surface area contributed by atoms with Crippen LogP contribution >= 0.6 is 23.1 Å². The Kier molecular flexibility index (Phi) is 4.47. The normalized spacial score (nSPS) is 10.7. The largest absolute Gasteiger partial charge is 0.313 e. The highest BCUT2D eigenvalue weighted by Crippen LogP contribution is 2.29. The minimum absolute atomic E-state index is 0.215. The van der Waals surface area contributed by atoms with Crippen LogP contribution in [-0.2, 0) is 6.54 Å². The fourth-order valence-corrected chi connectivity index (χ4v) is 2.92. The summed E-state index contributed by atoms with van der Waals surface area (Å²) in [7, 11) is 0. The lowest BCUT2D eigenvalue weighted by Crippen LogP contribution is -2.11. The third kappa shape index (κ3) is 3.76. The molecule has 2 aromatic rings. The van der Waals surface area contributed by atoms with E-state index < -0.39 is 0 Å². The van der Waals surface area contributed by atoms with Crippen molar-refractivity contribution in [1.29, 1.82) is 0 Å². The molecule has 0 amide bonds. The molecule has 0 fully saturated rings. The number of nitrogens with zero attached hydrogens (tertiary/aromatic N) is 2. The number of nitrogens with one attached hydrogen (secondary N) is 1. The Morgan fingerprint density at radius 3 is 3.00 bits per heavy atom. The van der Waals surface area contributed by atoms with Gasteiger partial charge in [0, 0.05) is 11.4 Å². The van der Waals surface area contributed by atoms with Gasteiger partial charge in [0.2, 0.25) is 0 Å². The summed E-state index contributed by atoms with van der Waals surface area (Å²) >= 11 is 2.88. The molecule has 2 rings (SSSR count). The number of rotatable bonds is 5. The van der Waals surface area contributed by atoms with E-state index in [1.54, 1.807) is 11.6 Å². The van der Waals surface area contributed by atoms with Gasteiger partial charge in [-0.15, -0.1) is 10.2 Å². The summed E-state index contributed by atoms with van der Waals surface area (Å²) in [5.41, 5.74) is 2.61. The molecule has 1 aromatic heterocycles. The fraction of sp³-hybridized carbons (Fsp3) is 0.273. The molecule has 90 valence electrons. The van der Waals surface area contributed by atoms with Crippen LogP contribution in [0.1, 0.15) is 12.5 Å². The summed E-state index contributed by atoms with van der Waals surface area (Å²) in [6.45, 7) is 3.57. The minimum atomic E-state index is -0.215. The van der Waals surface area contributed by atoms with Crippen LogP contribution in [0.5, 0.6) is 0 Å². The van der Waals surface area contributed by atoms with Crippen molar-refractivity contribution < 1.29 is 4.39 Å². The molecule has 1 N–H and O–H groups in total. The van der Waals surface area contributed by atoms with Gasteiger partial charge in [-0.1, -0.05) is 30.0 Å². The number of halogens is 1. The first-order valence-electron chi connectivity index (χ1n) is 5.22. The molecular formula is C11H12FN3S2. The zero-order valence-corrected chi connectivity index (χ0v) is 10.9. The number of hydrogen-bond donors (Lipinski definition) is 1. The van der Waals surface area contributed by atoms with Gasteiger partial charge in [-0.3, -0.25) is 0 Å². The summed E-state index contributed by atoms with van der Waals surface area (Å²) in [5, 5.41) is 10.9. The van der Waals surface area contributed by atoms with Gasteiger partial charge in [-0.05, 0) is 30.3 Å². The first-order valence-corrected chi connectivity index (χ1v) is 6.91. The second kappa shape index (κ2) is 6.09. The van der Waals surface area contributed by atoms with Crippen molar-refractivity contribution in [3.05, 3.63) is 35.1 Å². The molecule has 0 aliphatic carbocycles. The molecule has 3 nitrogen and oxygen atoms in total. The Balaban J connectivity index is 2.13. The van der Waals surface area contributed by atoms with E-state index in [0.29, 0.717) is 6.54 Å². The van der Waals surface area contributed by atoms with Crippen molar-refractivity contribution >= 4 is 23.1 Å². The monoisotopic (exact) mass is 269 g/mol. The molecule has 17 heavy (non-hydrogen) atoms. The van der Waals surface area contributed by atoms with E-state index in [0.717, 1.165) is 21.3 Å². The second-order valence-corrected chi connectivity index (χ2v) is 5.54. The van der Waals surface area contributed by atoms with E-state index in [4.69, 9.17) is 0 Å². The highest BCUT2D eigenvalue weighted by molar-refractivity contribution is 8.01. The predicted octanol–water partition coefficient (Wildman–Crippen LogP) is 2.94. The van der Waals surface area contributed by atoms with Gasteiger partial charge in [-0.25, -0.2) is 4.39 Å². The molecule has 0 bridgehead atoms. The summed E-state index contributed by atoms with van der Waals surface area (Å²) in [6.07, 6.45) is 0. The summed E-state index contributed by atoms with van der Waals surface area (Å²) < 4.78 is 14.2. The Hall–Kier alpha value is -0.980. The zero-order valence-electron chi connectivity index (χ0n) is 9.31. The molecule has 1 aromatic carbocycles. The van der Waals surface area contributed by atoms with Crippen LogP contribution in [0, 0.1) is 5.82 Å². The Bertz CT molecular complexity index is 474. The lowest BCUT2D eigenvalue weighted by Gasteiger charge is -2.05. The maximum absolute atomic E-state index is 13.4. The molecule has 0 unspecified atom stereocenters. The van der Waals surface area contributed by atoms with Crippen LogP contribution in [0.25, 0.3) is 0 Å². The molecule has 0 spiro atoms. The Labute approximate surface area is 107 Å². The Morgan fingerprint density at radius 1 is 1.41 bits per heavy atom. The van der Waals surface area contributed by atoms with Gasteiger partial charge in [0.15, 0.2) is 4.34 Å². The lowest BCUT2D eigenvalue weighted by atomic mass is 10.2. The van der Waals surface area contributed by atoms with E-state index in [1.807, 2.05) is 13.0 Å². The van der Waals surface area contributed by atoms with Gasteiger partial charge in [0.25, 0.3) is 0 Å². The maximum atomic E-state index is 13.4. The molecule has 6 heteroatoms. The molecule has 0 aliphatic heterocycles. The third-order valence-corrected chi connectivity index (χ3v) is 3.80. The molecule has 0 saturated carbocycles. The van der Waals surface area contributed by atoms with Crippen molar-refractivity contribution in [2.24, 2.45) is 0 Å². The summed E-state index contributed by atoms with van der Waals surface area (Å²) in [6, 6.07) is 5.03. The van der Waals surface area contributed by atoms with E-state index in [1.165, 1.54) is 29.2 Å². The van der Waals surface area contributed by atoms with Crippen molar-refractivity contribution in [3.8, 4) is 0 Å². The molecule has 0 saturated heterocycles. The summed E-state index contributed by atoms with van der Waals surface area (Å²) in [4.78, 5) is 0.856. The number of aromatic nitrogens is 2. The van der Waals surface area contributed by atoms with Crippen LogP contribution < -0.4 is 5.32 Å². The molecule has 1 heterocycles. The standard InChI is InChI=1S/C11H12FN3S2/c1-2-13-6-8-3-9(12)5-10(4-8)17-11-15-14-7-16-11/h3-5,7,13H,2,6H2,1H3. The molecular weight excluding hydrogens is 257 g/mol. The number of benzene rings is 1. The van der Waals surface area contributed by atoms with Crippen LogP contribution in [0.3, 0.4) is 0 Å². The van der Waals surface area contributed by atoms with Crippen LogP contribution in [0.4, 0.5) is 4.39 Å². The summed E-state index contributed by atoms with van der Waals surface area (Å²) in [5.74, 6) is -0.215. The van der Waals surface area contributed by atoms with Crippen molar-refractivity contribution in [2.75, 3.05) is 6.54 Å². The van der Waals surface area contributed by atoms with E-state index >= 15 is 0 Å². The molecule has 0 atom stereocenters. The van der Waals surface area contributed by atoms with Crippen molar-refractivity contribution in [3.63, 3.8) is 0 Å². The van der Waals surface area contributed by atoms with Gasteiger partial charge < -0.3 is 5.32 Å². The minimum Gasteiger partial charge on any atom is -0.313 e. The van der Waals surface area contributed by atoms with E-state index in [-0.39, 0.29) is 5.82 Å². The van der Waals surface area contributed by atoms with Crippen molar-refractivity contribution in [2.45, 2.75) is 22.7 Å². The first-order chi connectivity index (χ1) is 8.28. The Morgan fingerprint density at radius 2 is 2.29 bits per heavy atom. The van der Waals surface area contributed by atoms with Gasteiger partial charge in [0.05, 0.1) is 0 Å². The molecule has 0 aliphatic rings. The molecule has 0 radical (unpaired) electrons. The third-order valence-electron chi connectivity index (χ3n) is 2.06. The topological polar surface area (TPSA) is 37.8 Å². The van der Waals surface area contributed by atoms with Crippen LogP contribution in [0.2, 0.25) is 0 Å². The van der Waals surface area contributed by atoms with Crippen LogP contribution in [-0.4, -0.2) is 16.7 Å². The smallest absolute Gasteiger partial charge is 0.178 e. The quantitative estimate of drug-likeness (QED) is 0.905. The average molecular weight is 269 g/mol. The van der Waals surface area contributed by atoms with Crippen LogP contribution in [0.15, 0.2) is 32.9 Å². The van der Waals surface area contributed by atoms with Crippen molar-refractivity contribution in [1.82, 2.24) is 15.5 Å². The van der Waals surface area contributed by atoms with Gasteiger partial charge >= 0.3 is 0 Å². The SMILES string of the molecule is CCNCc1cc(F)cc(Sc2nncs2)c1. The average Bonchev–Trinajstić information content (AvgIpc) is 2.78. The first kappa shape index (κ1) is 12.5. The predicted molar refractivity (Wildman–Crippen MR) is 67.8 cm³/mol. The number of hydrogen-bond acceptors (Lipinski definition) is 5. The zero-order chi connectivity index (χ0) is 12.1. The highest BCUT2D eigenvalue weighted by Gasteiger charge is 2.05. The van der Waals surface area contributed by atoms with E-state index in [9.17, 15) is 4.39 Å². The maximum Gasteiger partial charge on any atom is 0.178 e. The fourth-order valence-electron chi connectivity index (χ4n) is 1.36. The highest BCUT2D eigenvalue weighted by atomic mass is 32.2. The van der Waals surface area contributed by atoms with Gasteiger partial charge in [0.1, 0.15) is 11.3 Å². The van der Waals surface area contributed by atoms with Gasteiger partial charge in [-0.2, -0.15) is 0 Å². The van der Waals surface area contributed by atoms with E-state index in [2.05, 4.69) is 15.5 Å². The second-order valence-electron chi connectivity index (χ2n) is 3.38.